The quantitative estimate of drug-likeness (QED) is 0.750. The van der Waals surface area contributed by atoms with E-state index in [1.165, 1.54) is 6.20 Å². The lowest BCUT2D eigenvalue weighted by Gasteiger charge is -2.21. The maximum absolute atomic E-state index is 12.5. The summed E-state index contributed by atoms with van der Waals surface area (Å²) in [6.07, 6.45) is 1.50. The number of aromatic nitrogens is 1. The molecular formula is C14H22ClN3O2. The molecule has 0 aliphatic rings. The van der Waals surface area contributed by atoms with Crippen molar-refractivity contribution in [2.75, 3.05) is 38.2 Å². The van der Waals surface area contributed by atoms with Crippen LogP contribution in [0.3, 0.4) is 0 Å². The minimum atomic E-state index is -0.0984. The van der Waals surface area contributed by atoms with E-state index >= 15 is 0 Å². The van der Waals surface area contributed by atoms with Gasteiger partial charge in [-0.05, 0) is 26.8 Å². The standard InChI is InChI=1S/C14H22ClN3O2/c1-4-16-13-9-11(12(15)10-17-13)14(19)18(5-2)7-8-20-6-3/h9-10H,4-8H2,1-3H3,(H,16,17). The number of amides is 1. The molecule has 0 atom stereocenters. The Kier molecular flexibility index (Phi) is 7.33. The van der Waals surface area contributed by atoms with Crippen molar-refractivity contribution in [2.24, 2.45) is 0 Å². The average Bonchev–Trinajstić information content (AvgIpc) is 2.45. The Hall–Kier alpha value is -1.33. The van der Waals surface area contributed by atoms with E-state index in [0.717, 1.165) is 6.54 Å². The van der Waals surface area contributed by atoms with Gasteiger partial charge in [0.15, 0.2) is 0 Å². The summed E-state index contributed by atoms with van der Waals surface area (Å²) >= 11 is 6.08. The second-order valence-corrected chi connectivity index (χ2v) is 4.57. The predicted molar refractivity (Wildman–Crippen MR) is 81.5 cm³/mol. The van der Waals surface area contributed by atoms with Gasteiger partial charge in [-0.2, -0.15) is 0 Å². The highest BCUT2D eigenvalue weighted by Gasteiger charge is 2.18. The van der Waals surface area contributed by atoms with Crippen LogP contribution < -0.4 is 5.32 Å². The number of hydrogen-bond acceptors (Lipinski definition) is 4. The third kappa shape index (κ3) is 4.65. The molecule has 5 nitrogen and oxygen atoms in total. The van der Waals surface area contributed by atoms with E-state index < -0.39 is 0 Å². The highest BCUT2D eigenvalue weighted by atomic mass is 35.5. The van der Waals surface area contributed by atoms with Crippen LogP contribution >= 0.6 is 11.6 Å². The molecular weight excluding hydrogens is 278 g/mol. The second kappa shape index (κ2) is 8.76. The van der Waals surface area contributed by atoms with Crippen molar-refractivity contribution in [3.63, 3.8) is 0 Å². The lowest BCUT2D eigenvalue weighted by atomic mass is 10.2. The molecule has 0 radical (unpaired) electrons. The van der Waals surface area contributed by atoms with Crippen molar-refractivity contribution in [3.05, 3.63) is 22.8 Å². The smallest absolute Gasteiger partial charge is 0.255 e. The number of anilines is 1. The summed E-state index contributed by atoms with van der Waals surface area (Å²) in [7, 11) is 0. The molecule has 1 aromatic heterocycles. The summed E-state index contributed by atoms with van der Waals surface area (Å²) in [6.45, 7) is 8.91. The van der Waals surface area contributed by atoms with Crippen molar-refractivity contribution < 1.29 is 9.53 Å². The maximum atomic E-state index is 12.5. The minimum absolute atomic E-state index is 0.0984. The number of pyridine rings is 1. The number of carbonyl (C=O) groups excluding carboxylic acids is 1. The molecule has 0 aliphatic heterocycles. The SMILES string of the molecule is CCNc1cc(C(=O)N(CC)CCOCC)c(Cl)cn1. The van der Waals surface area contributed by atoms with Crippen molar-refractivity contribution in [2.45, 2.75) is 20.8 Å². The molecule has 0 unspecified atom stereocenters. The molecule has 1 rings (SSSR count). The first-order chi connectivity index (χ1) is 9.63. The molecule has 0 aromatic carbocycles. The van der Waals surface area contributed by atoms with E-state index in [9.17, 15) is 4.79 Å². The first-order valence-electron chi connectivity index (χ1n) is 6.90. The van der Waals surface area contributed by atoms with Gasteiger partial charge in [-0.15, -0.1) is 0 Å². The number of likely N-dealkylation sites (N-methyl/N-ethyl adjacent to an activating group) is 1. The Labute approximate surface area is 125 Å². The number of rotatable bonds is 8. The fourth-order valence-electron chi connectivity index (χ4n) is 1.77. The Morgan fingerprint density at radius 3 is 2.80 bits per heavy atom. The summed E-state index contributed by atoms with van der Waals surface area (Å²) in [4.78, 5) is 18.3. The van der Waals surface area contributed by atoms with Gasteiger partial charge in [0.2, 0.25) is 0 Å². The van der Waals surface area contributed by atoms with Crippen LogP contribution in [0.25, 0.3) is 0 Å². The normalized spacial score (nSPS) is 10.4. The van der Waals surface area contributed by atoms with Gasteiger partial charge in [0, 0.05) is 32.4 Å². The highest BCUT2D eigenvalue weighted by Crippen LogP contribution is 2.19. The van der Waals surface area contributed by atoms with Crippen LogP contribution in [-0.4, -0.2) is 48.6 Å². The molecule has 1 amide bonds. The summed E-state index contributed by atoms with van der Waals surface area (Å²) in [6, 6.07) is 1.69. The summed E-state index contributed by atoms with van der Waals surface area (Å²) in [5.74, 6) is 0.555. The largest absolute Gasteiger partial charge is 0.380 e. The summed E-state index contributed by atoms with van der Waals surface area (Å²) < 4.78 is 5.29. The number of halogens is 1. The first-order valence-corrected chi connectivity index (χ1v) is 7.28. The van der Waals surface area contributed by atoms with Gasteiger partial charge in [0.25, 0.3) is 5.91 Å². The van der Waals surface area contributed by atoms with Crippen LogP contribution in [0.1, 0.15) is 31.1 Å². The minimum Gasteiger partial charge on any atom is -0.380 e. The number of ether oxygens (including phenoxy) is 1. The molecule has 0 aliphatic carbocycles. The number of nitrogens with one attached hydrogen (secondary N) is 1. The summed E-state index contributed by atoms with van der Waals surface area (Å²) in [5, 5.41) is 3.44. The van der Waals surface area contributed by atoms with E-state index in [1.54, 1.807) is 11.0 Å². The fourth-order valence-corrected chi connectivity index (χ4v) is 1.96. The van der Waals surface area contributed by atoms with E-state index in [2.05, 4.69) is 10.3 Å². The van der Waals surface area contributed by atoms with E-state index in [4.69, 9.17) is 16.3 Å². The number of carbonyl (C=O) groups is 1. The van der Waals surface area contributed by atoms with Crippen LogP contribution in [0, 0.1) is 0 Å². The zero-order valence-corrected chi connectivity index (χ0v) is 13.0. The van der Waals surface area contributed by atoms with Gasteiger partial charge < -0.3 is 15.0 Å². The Balaban J connectivity index is 2.84. The molecule has 6 heteroatoms. The van der Waals surface area contributed by atoms with Gasteiger partial charge in [0.05, 0.1) is 17.2 Å². The molecule has 1 heterocycles. The molecule has 1 N–H and O–H groups in total. The van der Waals surface area contributed by atoms with E-state index in [1.807, 2.05) is 20.8 Å². The van der Waals surface area contributed by atoms with Crippen molar-refractivity contribution in [1.82, 2.24) is 9.88 Å². The fraction of sp³-hybridized carbons (Fsp3) is 0.571. The monoisotopic (exact) mass is 299 g/mol. The topological polar surface area (TPSA) is 54.5 Å². The van der Waals surface area contributed by atoms with Gasteiger partial charge in [-0.25, -0.2) is 4.98 Å². The van der Waals surface area contributed by atoms with Crippen LogP contribution in [0.4, 0.5) is 5.82 Å². The molecule has 112 valence electrons. The predicted octanol–water partition coefficient (Wildman–Crippen LogP) is 2.67. The van der Waals surface area contributed by atoms with Crippen LogP contribution in [0.15, 0.2) is 12.3 Å². The van der Waals surface area contributed by atoms with E-state index in [-0.39, 0.29) is 5.91 Å². The highest BCUT2D eigenvalue weighted by molar-refractivity contribution is 6.33. The maximum Gasteiger partial charge on any atom is 0.255 e. The molecule has 1 aromatic rings. The zero-order valence-electron chi connectivity index (χ0n) is 12.3. The van der Waals surface area contributed by atoms with Gasteiger partial charge in [0.1, 0.15) is 5.82 Å². The number of nitrogens with zero attached hydrogens (tertiary/aromatic N) is 2. The lowest BCUT2D eigenvalue weighted by Crippen LogP contribution is -2.34. The van der Waals surface area contributed by atoms with Gasteiger partial charge >= 0.3 is 0 Å². The van der Waals surface area contributed by atoms with Crippen LogP contribution in [-0.2, 0) is 4.74 Å². The molecule has 0 bridgehead atoms. The van der Waals surface area contributed by atoms with Crippen LogP contribution in [0.5, 0.6) is 0 Å². The van der Waals surface area contributed by atoms with Crippen molar-refractivity contribution >= 4 is 23.3 Å². The third-order valence-electron chi connectivity index (χ3n) is 2.82. The van der Waals surface area contributed by atoms with Gasteiger partial charge in [-0.1, -0.05) is 11.6 Å². The molecule has 0 saturated carbocycles. The Bertz CT molecular complexity index is 440. The lowest BCUT2D eigenvalue weighted by molar-refractivity contribution is 0.0669. The van der Waals surface area contributed by atoms with Crippen molar-refractivity contribution in [1.29, 1.82) is 0 Å². The second-order valence-electron chi connectivity index (χ2n) is 4.16. The van der Waals surface area contributed by atoms with Crippen molar-refractivity contribution in [3.8, 4) is 0 Å². The third-order valence-corrected chi connectivity index (χ3v) is 3.12. The Morgan fingerprint density at radius 2 is 2.20 bits per heavy atom. The first kappa shape index (κ1) is 16.7. The molecule has 20 heavy (non-hydrogen) atoms. The van der Waals surface area contributed by atoms with E-state index in [0.29, 0.717) is 42.7 Å². The number of hydrogen-bond donors (Lipinski definition) is 1. The molecule has 0 fully saturated rings. The van der Waals surface area contributed by atoms with Gasteiger partial charge in [-0.3, -0.25) is 4.79 Å². The average molecular weight is 300 g/mol. The zero-order chi connectivity index (χ0) is 15.0. The molecule has 0 spiro atoms. The van der Waals surface area contributed by atoms with Crippen LogP contribution in [0.2, 0.25) is 5.02 Å². The summed E-state index contributed by atoms with van der Waals surface area (Å²) in [5.41, 5.74) is 0.468. The molecule has 0 saturated heterocycles. The Morgan fingerprint density at radius 1 is 1.45 bits per heavy atom.